The number of methoxy groups -OCH3 is 2. The second-order valence-corrected chi connectivity index (χ2v) is 8.06. The molecule has 0 radical (unpaired) electrons. The van der Waals surface area contributed by atoms with Crippen molar-refractivity contribution >= 4 is 17.3 Å². The Hall–Kier alpha value is -2.90. The number of nitrogens with one attached hydrogen (secondary N) is 1. The number of hydrogen-bond donors (Lipinski definition) is 1. The molecule has 7 heteroatoms. The van der Waals surface area contributed by atoms with E-state index in [-0.39, 0.29) is 12.1 Å². The number of hydrogen-bond acceptors (Lipinski definition) is 4. The Morgan fingerprint density at radius 2 is 1.87 bits per heavy atom. The van der Waals surface area contributed by atoms with Crippen molar-refractivity contribution in [3.05, 3.63) is 77.4 Å². The molecule has 4 rings (SSSR count). The van der Waals surface area contributed by atoms with Crippen LogP contribution in [0.15, 0.2) is 54.7 Å². The van der Waals surface area contributed by atoms with Gasteiger partial charge in [0, 0.05) is 36.9 Å². The van der Waals surface area contributed by atoms with E-state index in [0.717, 1.165) is 22.2 Å². The average molecular weight is 437 g/mol. The molecule has 0 saturated carbocycles. The van der Waals surface area contributed by atoms with Crippen LogP contribution >= 0.6 is 12.2 Å². The predicted molar refractivity (Wildman–Crippen MR) is 126 cm³/mol. The Morgan fingerprint density at radius 1 is 1.10 bits per heavy atom. The Labute approximate surface area is 188 Å². The van der Waals surface area contributed by atoms with E-state index < -0.39 is 0 Å². The van der Waals surface area contributed by atoms with Gasteiger partial charge in [0.15, 0.2) is 5.11 Å². The lowest BCUT2D eigenvalue weighted by Crippen LogP contribution is -2.32. The van der Waals surface area contributed by atoms with Crippen LogP contribution in [0, 0.1) is 13.8 Å². The molecule has 1 saturated heterocycles. The monoisotopic (exact) mass is 436 g/mol. The molecule has 162 valence electrons. The summed E-state index contributed by atoms with van der Waals surface area (Å²) in [6, 6.07) is 16.4. The zero-order chi connectivity index (χ0) is 22.0. The van der Waals surface area contributed by atoms with Crippen LogP contribution < -0.4 is 10.1 Å². The van der Waals surface area contributed by atoms with E-state index in [2.05, 4.69) is 57.9 Å². The second kappa shape index (κ2) is 9.08. The summed E-state index contributed by atoms with van der Waals surface area (Å²) >= 11 is 5.72. The quantitative estimate of drug-likeness (QED) is 0.563. The highest BCUT2D eigenvalue weighted by molar-refractivity contribution is 7.80. The Balaban J connectivity index is 1.79. The summed E-state index contributed by atoms with van der Waals surface area (Å²) < 4.78 is 13.0. The predicted octanol–water partition coefficient (Wildman–Crippen LogP) is 4.12. The third kappa shape index (κ3) is 4.03. The van der Waals surface area contributed by atoms with Gasteiger partial charge in [0.05, 0.1) is 31.5 Å². The maximum atomic E-state index is 5.72. The summed E-state index contributed by atoms with van der Waals surface area (Å²) in [7, 11) is 3.40. The van der Waals surface area contributed by atoms with Crippen LogP contribution in [0.1, 0.15) is 34.7 Å². The lowest BCUT2D eigenvalue weighted by atomic mass is 9.97. The molecule has 1 aliphatic rings. The van der Waals surface area contributed by atoms with Crippen LogP contribution in [0.2, 0.25) is 0 Å². The van der Waals surface area contributed by atoms with Gasteiger partial charge in [-0.2, -0.15) is 0 Å². The Kier molecular flexibility index (Phi) is 6.25. The van der Waals surface area contributed by atoms with E-state index in [0.29, 0.717) is 13.2 Å². The molecule has 1 aliphatic heterocycles. The Bertz CT molecular complexity index is 1050. The number of benzene rings is 1. The minimum absolute atomic E-state index is 0.0238. The zero-order valence-electron chi connectivity index (χ0n) is 18.3. The highest BCUT2D eigenvalue weighted by Crippen LogP contribution is 2.41. The highest BCUT2D eigenvalue weighted by atomic mass is 32.1. The second-order valence-electron chi connectivity index (χ2n) is 7.67. The normalized spacial score (nSPS) is 18.3. The van der Waals surface area contributed by atoms with Gasteiger partial charge >= 0.3 is 0 Å². The van der Waals surface area contributed by atoms with Crippen molar-refractivity contribution < 1.29 is 9.47 Å². The summed E-state index contributed by atoms with van der Waals surface area (Å²) in [6.45, 7) is 5.61. The maximum Gasteiger partial charge on any atom is 0.170 e. The van der Waals surface area contributed by atoms with Crippen molar-refractivity contribution in [1.29, 1.82) is 0 Å². The third-order valence-electron chi connectivity index (χ3n) is 5.85. The molecule has 2 aromatic heterocycles. The van der Waals surface area contributed by atoms with Crippen LogP contribution in [-0.2, 0) is 4.74 Å². The first-order valence-corrected chi connectivity index (χ1v) is 10.8. The van der Waals surface area contributed by atoms with Crippen molar-refractivity contribution in [2.24, 2.45) is 0 Å². The third-order valence-corrected chi connectivity index (χ3v) is 6.21. The minimum Gasteiger partial charge on any atom is -0.497 e. The standard InChI is InChI=1S/C24H28N4O2S/c1-16-15-20(17(2)28(16)18-8-10-19(30-4)11-9-18)23-22(21-7-5-6-12-25-21)26-24(31)27(23)13-14-29-3/h5-12,15,22-23H,13-14H2,1-4H3,(H,26,31)/t22-,23-/m0/s1. The van der Waals surface area contributed by atoms with Crippen LogP contribution in [0.4, 0.5) is 0 Å². The Morgan fingerprint density at radius 3 is 2.52 bits per heavy atom. The molecule has 6 nitrogen and oxygen atoms in total. The lowest BCUT2D eigenvalue weighted by molar-refractivity contribution is 0.164. The van der Waals surface area contributed by atoms with Gasteiger partial charge < -0.3 is 24.3 Å². The maximum absolute atomic E-state index is 5.72. The van der Waals surface area contributed by atoms with Gasteiger partial charge in [0.2, 0.25) is 0 Å². The fourth-order valence-electron chi connectivity index (χ4n) is 4.39. The van der Waals surface area contributed by atoms with Crippen LogP contribution in [0.3, 0.4) is 0 Å². The van der Waals surface area contributed by atoms with Gasteiger partial charge in [0.1, 0.15) is 5.75 Å². The van der Waals surface area contributed by atoms with E-state index in [4.69, 9.17) is 21.7 Å². The molecule has 0 unspecified atom stereocenters. The van der Waals surface area contributed by atoms with Gasteiger partial charge in [-0.15, -0.1) is 0 Å². The van der Waals surface area contributed by atoms with E-state index in [9.17, 15) is 0 Å². The molecular formula is C24H28N4O2S. The molecule has 0 aliphatic carbocycles. The van der Waals surface area contributed by atoms with Crippen LogP contribution in [-0.4, -0.2) is 46.9 Å². The molecule has 1 N–H and O–H groups in total. The van der Waals surface area contributed by atoms with Gasteiger partial charge in [-0.05, 0) is 74.1 Å². The fraction of sp³-hybridized carbons (Fsp3) is 0.333. The van der Waals surface area contributed by atoms with Gasteiger partial charge in [-0.25, -0.2) is 0 Å². The number of rotatable bonds is 7. The summed E-state index contributed by atoms with van der Waals surface area (Å²) in [5.41, 5.74) is 5.66. The number of pyridine rings is 1. The number of nitrogens with zero attached hydrogens (tertiary/aromatic N) is 3. The number of thiocarbonyl (C=S) groups is 1. The average Bonchev–Trinajstić information content (AvgIpc) is 3.27. The van der Waals surface area contributed by atoms with Crippen LogP contribution in [0.25, 0.3) is 5.69 Å². The fourth-order valence-corrected chi connectivity index (χ4v) is 4.72. The van der Waals surface area contributed by atoms with Crippen molar-refractivity contribution in [2.45, 2.75) is 25.9 Å². The molecule has 1 aromatic carbocycles. The van der Waals surface area contributed by atoms with E-state index in [1.54, 1.807) is 14.2 Å². The topological polar surface area (TPSA) is 51.5 Å². The molecule has 0 spiro atoms. The molecule has 1 fully saturated rings. The molecule has 3 heterocycles. The van der Waals surface area contributed by atoms with Gasteiger partial charge in [-0.3, -0.25) is 4.98 Å². The lowest BCUT2D eigenvalue weighted by Gasteiger charge is -2.28. The smallest absolute Gasteiger partial charge is 0.170 e. The summed E-state index contributed by atoms with van der Waals surface area (Å²) in [4.78, 5) is 6.84. The van der Waals surface area contributed by atoms with E-state index in [1.807, 2.05) is 30.5 Å². The highest BCUT2D eigenvalue weighted by Gasteiger charge is 2.41. The van der Waals surface area contributed by atoms with Crippen molar-refractivity contribution in [3.8, 4) is 11.4 Å². The summed E-state index contributed by atoms with van der Waals surface area (Å²) in [6.07, 6.45) is 1.83. The first-order chi connectivity index (χ1) is 15.0. The van der Waals surface area contributed by atoms with Crippen LogP contribution in [0.5, 0.6) is 5.75 Å². The molecule has 31 heavy (non-hydrogen) atoms. The summed E-state index contributed by atoms with van der Waals surface area (Å²) in [5.74, 6) is 0.845. The molecular weight excluding hydrogens is 408 g/mol. The van der Waals surface area contributed by atoms with E-state index in [1.165, 1.54) is 17.0 Å². The van der Waals surface area contributed by atoms with Crippen molar-refractivity contribution in [1.82, 2.24) is 19.8 Å². The minimum atomic E-state index is -0.0321. The van der Waals surface area contributed by atoms with E-state index >= 15 is 0 Å². The molecule has 0 amide bonds. The van der Waals surface area contributed by atoms with Crippen molar-refractivity contribution in [2.75, 3.05) is 27.4 Å². The summed E-state index contributed by atoms with van der Waals surface area (Å²) in [5, 5.41) is 4.23. The SMILES string of the molecule is COCCN1C(=S)N[C@@H](c2ccccn2)[C@@H]1c1cc(C)n(-c2ccc(OC)cc2)c1C. The first-order valence-electron chi connectivity index (χ1n) is 10.4. The zero-order valence-corrected chi connectivity index (χ0v) is 19.1. The van der Waals surface area contributed by atoms with Crippen molar-refractivity contribution in [3.63, 3.8) is 0 Å². The largest absolute Gasteiger partial charge is 0.497 e. The first kappa shape index (κ1) is 21.3. The number of aromatic nitrogens is 2. The molecule has 2 atom stereocenters. The molecule has 3 aromatic rings. The van der Waals surface area contributed by atoms with Gasteiger partial charge in [-0.1, -0.05) is 6.07 Å². The number of ether oxygens (including phenoxy) is 2. The molecule has 0 bridgehead atoms. The van der Waals surface area contributed by atoms with Gasteiger partial charge in [0.25, 0.3) is 0 Å². The number of aryl methyl sites for hydroxylation is 1.